The Bertz CT molecular complexity index is 1260. The monoisotopic (exact) mass is 533 g/mol. The summed E-state index contributed by atoms with van der Waals surface area (Å²) in [6, 6.07) is 22.1. The van der Waals surface area contributed by atoms with Gasteiger partial charge in [-0.3, -0.25) is 9.69 Å². The van der Waals surface area contributed by atoms with Crippen LogP contribution in [-0.2, 0) is 21.5 Å². The first-order valence-corrected chi connectivity index (χ1v) is 13.7. The van der Waals surface area contributed by atoms with Crippen molar-refractivity contribution in [3.63, 3.8) is 0 Å². The third-order valence-electron chi connectivity index (χ3n) is 8.11. The highest BCUT2D eigenvalue weighted by molar-refractivity contribution is 6.30. The molecule has 1 N–H and O–H groups in total. The van der Waals surface area contributed by atoms with Crippen molar-refractivity contribution in [2.75, 3.05) is 44.8 Å². The summed E-state index contributed by atoms with van der Waals surface area (Å²) in [5.74, 6) is 1.06. The lowest BCUT2D eigenvalue weighted by molar-refractivity contribution is -0.147. The molecule has 0 spiro atoms. The van der Waals surface area contributed by atoms with E-state index in [9.17, 15) is 9.90 Å². The molecule has 1 fully saturated rings. The second kappa shape index (κ2) is 11.3. The molecule has 0 amide bonds. The van der Waals surface area contributed by atoms with Crippen molar-refractivity contribution in [2.45, 2.75) is 31.7 Å². The fourth-order valence-corrected chi connectivity index (χ4v) is 6.04. The molecular formula is C31H35ClN2O4. The Balaban J connectivity index is 1.30. The lowest BCUT2D eigenvalue weighted by Gasteiger charge is -2.48. The van der Waals surface area contributed by atoms with Gasteiger partial charge in [-0.1, -0.05) is 29.8 Å². The molecule has 5 rings (SSSR count). The average molecular weight is 534 g/mol. The number of piperidine rings is 1. The van der Waals surface area contributed by atoms with Gasteiger partial charge in [-0.05, 0) is 104 Å². The van der Waals surface area contributed by atoms with E-state index in [0.717, 1.165) is 68.0 Å². The number of aromatic hydroxyl groups is 1. The summed E-state index contributed by atoms with van der Waals surface area (Å²) >= 11 is 6.19. The number of hydrogen-bond acceptors (Lipinski definition) is 6. The molecule has 0 bridgehead atoms. The topological polar surface area (TPSA) is 62.2 Å². The van der Waals surface area contributed by atoms with E-state index in [-0.39, 0.29) is 11.9 Å². The minimum Gasteiger partial charge on any atom is -0.508 e. The van der Waals surface area contributed by atoms with E-state index >= 15 is 0 Å². The zero-order valence-corrected chi connectivity index (χ0v) is 22.8. The third-order valence-corrected chi connectivity index (χ3v) is 8.36. The van der Waals surface area contributed by atoms with Crippen LogP contribution in [0.4, 0.5) is 5.69 Å². The number of rotatable bonds is 7. The van der Waals surface area contributed by atoms with Crippen LogP contribution in [0.1, 0.15) is 36.5 Å². The predicted molar refractivity (Wildman–Crippen MR) is 150 cm³/mol. The summed E-state index contributed by atoms with van der Waals surface area (Å²) in [4.78, 5) is 16.5. The van der Waals surface area contributed by atoms with Crippen molar-refractivity contribution in [2.24, 2.45) is 5.92 Å². The Labute approximate surface area is 229 Å². The fourth-order valence-electron chi connectivity index (χ4n) is 5.91. The van der Waals surface area contributed by atoms with Gasteiger partial charge in [-0.25, -0.2) is 0 Å². The van der Waals surface area contributed by atoms with Crippen LogP contribution in [0, 0.1) is 5.92 Å². The number of hydrogen-bond donors (Lipinski definition) is 1. The first-order valence-electron chi connectivity index (χ1n) is 13.3. The number of ether oxygens (including phenoxy) is 2. The van der Waals surface area contributed by atoms with Crippen LogP contribution in [-0.4, -0.2) is 55.9 Å². The van der Waals surface area contributed by atoms with Gasteiger partial charge in [0.25, 0.3) is 0 Å². The maximum absolute atomic E-state index is 11.7. The highest BCUT2D eigenvalue weighted by Gasteiger charge is 2.40. The standard InChI is InChI=1S/C31H35ClN2O4/c1-31(29-12-9-27(35)21-23(29)15-18-34(31)26-7-5-25(32)6-8-26)24-3-10-28(11-4-24)38-20-19-33-16-13-22(14-17-33)30(36)37-2/h3-12,21-22,35H,13-20H2,1-2H3/i2-1. The van der Waals surface area contributed by atoms with Crippen molar-refractivity contribution in [1.82, 2.24) is 4.90 Å². The molecule has 1 saturated heterocycles. The van der Waals surface area contributed by atoms with Gasteiger partial charge in [-0.2, -0.15) is 0 Å². The molecule has 2 aliphatic heterocycles. The SMILES string of the molecule is CC1(c2ccc(OCCN3CCC(C(=O)O[11CH3])CC3)cc2)c2ccc(O)cc2CCN1c1ccc(Cl)cc1. The number of esters is 1. The quantitative estimate of drug-likeness (QED) is 0.397. The van der Waals surface area contributed by atoms with E-state index in [1.165, 1.54) is 12.7 Å². The molecule has 0 aromatic heterocycles. The van der Waals surface area contributed by atoms with Crippen molar-refractivity contribution >= 4 is 23.3 Å². The van der Waals surface area contributed by atoms with Crippen molar-refractivity contribution < 1.29 is 19.4 Å². The number of anilines is 1. The average Bonchev–Trinajstić information content (AvgIpc) is 2.94. The van der Waals surface area contributed by atoms with Crippen LogP contribution >= 0.6 is 11.6 Å². The smallest absolute Gasteiger partial charge is 0.308 e. The lowest BCUT2D eigenvalue weighted by Crippen LogP contribution is -2.49. The van der Waals surface area contributed by atoms with Crippen LogP contribution < -0.4 is 9.64 Å². The second-order valence-corrected chi connectivity index (χ2v) is 10.7. The van der Waals surface area contributed by atoms with Crippen LogP contribution in [0.5, 0.6) is 11.5 Å². The second-order valence-electron chi connectivity index (χ2n) is 10.3. The van der Waals surface area contributed by atoms with Gasteiger partial charge in [0, 0.05) is 23.8 Å². The number of carbonyl (C=O) groups excluding carboxylic acids is 1. The van der Waals surface area contributed by atoms with E-state index in [1.807, 2.05) is 36.4 Å². The molecule has 1 atom stereocenters. The van der Waals surface area contributed by atoms with E-state index in [1.54, 1.807) is 6.07 Å². The summed E-state index contributed by atoms with van der Waals surface area (Å²) in [7, 11) is 1.46. The summed E-state index contributed by atoms with van der Waals surface area (Å²) < 4.78 is 11.0. The highest BCUT2D eigenvalue weighted by atomic mass is 35.5. The van der Waals surface area contributed by atoms with E-state index in [4.69, 9.17) is 21.1 Å². The molecule has 3 aromatic rings. The maximum Gasteiger partial charge on any atom is 0.308 e. The Kier molecular flexibility index (Phi) is 7.82. The number of carbonyl (C=O) groups is 1. The van der Waals surface area contributed by atoms with Crippen LogP contribution in [0.15, 0.2) is 66.7 Å². The summed E-state index contributed by atoms with van der Waals surface area (Å²) in [5, 5.41) is 10.9. The van der Waals surface area contributed by atoms with Crippen LogP contribution in [0.25, 0.3) is 0 Å². The Hall–Kier alpha value is -3.22. The number of benzene rings is 3. The van der Waals surface area contributed by atoms with Crippen molar-refractivity contribution in [3.8, 4) is 11.5 Å². The number of phenols is 1. The molecule has 0 radical (unpaired) electrons. The number of fused-ring (bicyclic) bond motifs is 1. The highest BCUT2D eigenvalue weighted by Crippen LogP contribution is 2.44. The van der Waals surface area contributed by atoms with Gasteiger partial charge in [0.1, 0.15) is 18.1 Å². The molecular weight excluding hydrogens is 499 g/mol. The van der Waals surface area contributed by atoms with Gasteiger partial charge >= 0.3 is 5.97 Å². The molecule has 38 heavy (non-hydrogen) atoms. The molecule has 2 heterocycles. The van der Waals surface area contributed by atoms with Crippen molar-refractivity contribution in [1.29, 1.82) is 0 Å². The Morgan fingerprint density at radius 2 is 1.74 bits per heavy atom. The molecule has 2 aliphatic rings. The molecule has 7 heteroatoms. The zero-order chi connectivity index (χ0) is 26.7. The molecule has 200 valence electrons. The minimum absolute atomic E-state index is 0.0207. The number of methoxy groups -OCH3 is 1. The lowest BCUT2D eigenvalue weighted by atomic mass is 9.76. The number of likely N-dealkylation sites (tertiary alicyclic amines) is 1. The number of phenolic OH excluding ortho intramolecular Hbond substituents is 1. The van der Waals surface area contributed by atoms with E-state index < -0.39 is 5.54 Å². The van der Waals surface area contributed by atoms with Gasteiger partial charge in [0.05, 0.1) is 18.6 Å². The van der Waals surface area contributed by atoms with E-state index in [0.29, 0.717) is 17.4 Å². The van der Waals surface area contributed by atoms with Crippen molar-refractivity contribution in [3.05, 3.63) is 88.4 Å². The number of nitrogens with zero attached hydrogens (tertiary/aromatic N) is 2. The Morgan fingerprint density at radius 3 is 2.42 bits per heavy atom. The molecule has 6 nitrogen and oxygen atoms in total. The van der Waals surface area contributed by atoms with Gasteiger partial charge in [0.2, 0.25) is 0 Å². The molecule has 3 aromatic carbocycles. The third kappa shape index (κ3) is 5.33. The maximum atomic E-state index is 11.7. The zero-order valence-electron chi connectivity index (χ0n) is 22.0. The van der Waals surface area contributed by atoms with Crippen LogP contribution in [0.2, 0.25) is 5.02 Å². The van der Waals surface area contributed by atoms with E-state index in [2.05, 4.69) is 41.0 Å². The minimum atomic E-state index is -0.433. The molecule has 0 aliphatic carbocycles. The van der Waals surface area contributed by atoms with Gasteiger partial charge in [0.15, 0.2) is 0 Å². The summed E-state index contributed by atoms with van der Waals surface area (Å²) in [5.41, 5.74) is 4.16. The number of halogens is 1. The normalized spacial score (nSPS) is 20.1. The fraction of sp³-hybridized carbons (Fsp3) is 0.387. The first kappa shape index (κ1) is 26.4. The predicted octanol–water partition coefficient (Wildman–Crippen LogP) is 5.64. The molecule has 0 saturated carbocycles. The summed E-state index contributed by atoms with van der Waals surface area (Å²) in [6.07, 6.45) is 2.52. The Morgan fingerprint density at radius 1 is 1.03 bits per heavy atom. The van der Waals surface area contributed by atoms with Gasteiger partial charge < -0.3 is 19.5 Å². The summed E-state index contributed by atoms with van der Waals surface area (Å²) in [6.45, 7) is 6.25. The largest absolute Gasteiger partial charge is 0.508 e. The first-order chi connectivity index (χ1) is 18.4. The van der Waals surface area contributed by atoms with Crippen LogP contribution in [0.3, 0.4) is 0 Å². The molecule has 1 unspecified atom stereocenters. The van der Waals surface area contributed by atoms with Gasteiger partial charge in [-0.15, -0.1) is 0 Å².